The molecule has 0 unspecified atom stereocenters. The van der Waals surface area contributed by atoms with Crippen LogP contribution in [0.25, 0.3) is 22.5 Å². The van der Waals surface area contributed by atoms with Crippen LogP contribution in [-0.4, -0.2) is 20.6 Å². The van der Waals surface area contributed by atoms with E-state index in [2.05, 4.69) is 45.6 Å². The number of nitrogens with zero attached hydrogens (tertiary/aromatic N) is 2. The van der Waals surface area contributed by atoms with Gasteiger partial charge in [0.15, 0.2) is 0 Å². The van der Waals surface area contributed by atoms with Gasteiger partial charge in [0.1, 0.15) is 0 Å². The van der Waals surface area contributed by atoms with E-state index in [4.69, 9.17) is 0 Å². The summed E-state index contributed by atoms with van der Waals surface area (Å²) in [6.07, 6.45) is 1.85. The number of aryl methyl sites for hydroxylation is 2. The number of benzene rings is 3. The molecule has 3 aromatic carbocycles. The zero-order chi connectivity index (χ0) is 24.0. The van der Waals surface area contributed by atoms with E-state index in [0.717, 1.165) is 60.8 Å². The van der Waals surface area contributed by atoms with Crippen LogP contribution in [0.4, 0.5) is 4.79 Å². The lowest BCUT2D eigenvalue weighted by Crippen LogP contribution is -2.27. The molecule has 170 valence electrons. The van der Waals surface area contributed by atoms with Crippen LogP contribution in [0, 0.1) is 20.8 Å². The quantitative estimate of drug-likeness (QED) is 0.255. The Kier molecular flexibility index (Phi) is 5.96. The number of hydrogen-bond donors (Lipinski definition) is 0. The molecule has 0 aliphatic carbocycles. The molecule has 1 aliphatic rings. The predicted octanol–water partition coefficient (Wildman–Crippen LogP) is 7.55. The molecule has 1 fully saturated rings. The van der Waals surface area contributed by atoms with Crippen molar-refractivity contribution in [2.45, 2.75) is 27.3 Å². The molecule has 2 heterocycles. The fourth-order valence-corrected chi connectivity index (χ4v) is 5.55. The largest absolute Gasteiger partial charge is 0.318 e. The zero-order valence-corrected chi connectivity index (χ0v) is 21.5. The van der Waals surface area contributed by atoms with Crippen LogP contribution >= 0.6 is 27.7 Å². The number of hydrogen-bond acceptors (Lipinski definition) is 3. The summed E-state index contributed by atoms with van der Waals surface area (Å²) in [4.78, 5) is 27.8. The second kappa shape index (κ2) is 8.93. The van der Waals surface area contributed by atoms with Crippen LogP contribution in [0.1, 0.15) is 28.1 Å². The maximum absolute atomic E-state index is 13.2. The van der Waals surface area contributed by atoms with Crippen LogP contribution < -0.4 is 0 Å². The third-order valence-corrected chi connectivity index (χ3v) is 8.04. The SMILES string of the molecule is Cc1cc(-n2c(C)cc(/C=C3/SC(=O)N(Cc4cccc5ccccc45)C3=O)c2C)ccc1Br. The molecule has 5 rings (SSSR count). The lowest BCUT2D eigenvalue weighted by Gasteiger charge is -2.14. The summed E-state index contributed by atoms with van der Waals surface area (Å²) in [6, 6.07) is 22.3. The number of halogens is 1. The number of amides is 2. The van der Waals surface area contributed by atoms with Gasteiger partial charge in [-0.05, 0) is 90.3 Å². The van der Waals surface area contributed by atoms with Gasteiger partial charge in [-0.15, -0.1) is 0 Å². The molecule has 0 radical (unpaired) electrons. The predicted molar refractivity (Wildman–Crippen MR) is 143 cm³/mol. The summed E-state index contributed by atoms with van der Waals surface area (Å²) in [5, 5.41) is 1.92. The first-order valence-electron chi connectivity index (χ1n) is 11.0. The molecule has 0 N–H and O–H groups in total. The molecule has 2 amide bonds. The highest BCUT2D eigenvalue weighted by Crippen LogP contribution is 2.35. The highest BCUT2D eigenvalue weighted by Gasteiger charge is 2.35. The summed E-state index contributed by atoms with van der Waals surface area (Å²) in [5.74, 6) is -0.243. The molecule has 1 saturated heterocycles. The van der Waals surface area contributed by atoms with Crippen molar-refractivity contribution < 1.29 is 9.59 Å². The van der Waals surface area contributed by atoms with Gasteiger partial charge < -0.3 is 4.57 Å². The van der Waals surface area contributed by atoms with Crippen molar-refractivity contribution in [2.75, 3.05) is 0 Å². The van der Waals surface area contributed by atoms with Gasteiger partial charge in [0.05, 0.1) is 11.4 Å². The Labute approximate surface area is 211 Å². The molecule has 1 aliphatic heterocycles. The van der Waals surface area contributed by atoms with Gasteiger partial charge in [0, 0.05) is 21.5 Å². The van der Waals surface area contributed by atoms with Gasteiger partial charge in [-0.3, -0.25) is 14.5 Å². The highest BCUT2D eigenvalue weighted by atomic mass is 79.9. The second-order valence-electron chi connectivity index (χ2n) is 8.50. The van der Waals surface area contributed by atoms with Crippen LogP contribution in [0.3, 0.4) is 0 Å². The summed E-state index contributed by atoms with van der Waals surface area (Å²) in [6.45, 7) is 6.42. The van der Waals surface area contributed by atoms with Crippen LogP contribution in [0.15, 0.2) is 76.1 Å². The van der Waals surface area contributed by atoms with E-state index in [1.807, 2.05) is 68.5 Å². The van der Waals surface area contributed by atoms with Crippen molar-refractivity contribution in [1.29, 1.82) is 0 Å². The van der Waals surface area contributed by atoms with E-state index in [0.29, 0.717) is 4.91 Å². The van der Waals surface area contributed by atoms with E-state index >= 15 is 0 Å². The van der Waals surface area contributed by atoms with Crippen LogP contribution in [0.2, 0.25) is 0 Å². The smallest absolute Gasteiger partial charge is 0.293 e. The van der Waals surface area contributed by atoms with Crippen LogP contribution in [0.5, 0.6) is 0 Å². The van der Waals surface area contributed by atoms with E-state index in [1.165, 1.54) is 4.90 Å². The monoisotopic (exact) mass is 530 g/mol. The topological polar surface area (TPSA) is 42.3 Å². The molecule has 1 aromatic heterocycles. The fourth-order valence-electron chi connectivity index (χ4n) is 4.48. The zero-order valence-electron chi connectivity index (χ0n) is 19.1. The van der Waals surface area contributed by atoms with Gasteiger partial charge in [0.2, 0.25) is 0 Å². The van der Waals surface area contributed by atoms with Crippen molar-refractivity contribution >= 4 is 55.7 Å². The number of carbonyl (C=O) groups is 2. The molecule has 0 atom stereocenters. The number of rotatable bonds is 4. The maximum Gasteiger partial charge on any atom is 0.293 e. The van der Waals surface area contributed by atoms with Gasteiger partial charge >= 0.3 is 0 Å². The van der Waals surface area contributed by atoms with Gasteiger partial charge in [-0.2, -0.15) is 0 Å². The number of fused-ring (bicyclic) bond motifs is 1. The van der Waals surface area contributed by atoms with Gasteiger partial charge in [0.25, 0.3) is 11.1 Å². The Bertz CT molecular complexity index is 1500. The Morgan fingerprint density at radius 3 is 2.50 bits per heavy atom. The first kappa shape index (κ1) is 22.7. The van der Waals surface area contributed by atoms with Crippen molar-refractivity contribution in [3.8, 4) is 5.69 Å². The Hall–Kier alpha value is -3.09. The summed E-state index contributed by atoms with van der Waals surface area (Å²) >= 11 is 4.57. The first-order chi connectivity index (χ1) is 16.3. The second-order valence-corrected chi connectivity index (χ2v) is 10.3. The first-order valence-corrected chi connectivity index (χ1v) is 12.6. The molecule has 0 bridgehead atoms. The van der Waals surface area contributed by atoms with Gasteiger partial charge in [-0.1, -0.05) is 58.4 Å². The van der Waals surface area contributed by atoms with Crippen molar-refractivity contribution in [2.24, 2.45) is 0 Å². The van der Waals surface area contributed by atoms with E-state index in [1.54, 1.807) is 0 Å². The highest BCUT2D eigenvalue weighted by molar-refractivity contribution is 9.10. The number of aromatic nitrogens is 1. The maximum atomic E-state index is 13.2. The molecule has 4 nitrogen and oxygen atoms in total. The summed E-state index contributed by atoms with van der Waals surface area (Å²) < 4.78 is 3.24. The van der Waals surface area contributed by atoms with Crippen molar-refractivity contribution in [3.05, 3.63) is 104 Å². The van der Waals surface area contributed by atoms with E-state index < -0.39 is 0 Å². The Balaban J connectivity index is 1.46. The lowest BCUT2D eigenvalue weighted by atomic mass is 10.0. The Morgan fingerprint density at radius 2 is 1.71 bits per heavy atom. The minimum Gasteiger partial charge on any atom is -0.318 e. The minimum atomic E-state index is -0.243. The summed E-state index contributed by atoms with van der Waals surface area (Å²) in [5.41, 5.74) is 6.22. The standard InChI is InChI=1S/C28H23BrN2O2S/c1-17-13-23(11-12-25(17)29)31-18(2)14-22(19(31)3)15-26-27(32)30(28(33)34-26)16-21-9-6-8-20-7-4-5-10-24(20)21/h4-15H,16H2,1-3H3/b26-15+. The van der Waals surface area contributed by atoms with Crippen molar-refractivity contribution in [1.82, 2.24) is 9.47 Å². The average Bonchev–Trinajstić information content (AvgIpc) is 3.25. The van der Waals surface area contributed by atoms with Gasteiger partial charge in [-0.25, -0.2) is 0 Å². The molecule has 0 saturated carbocycles. The number of carbonyl (C=O) groups excluding carboxylic acids is 2. The van der Waals surface area contributed by atoms with Crippen LogP contribution in [-0.2, 0) is 11.3 Å². The molecular weight excluding hydrogens is 508 g/mol. The fraction of sp³-hybridized carbons (Fsp3) is 0.143. The van der Waals surface area contributed by atoms with E-state index in [-0.39, 0.29) is 17.7 Å². The molecule has 6 heteroatoms. The average molecular weight is 531 g/mol. The molecule has 0 spiro atoms. The van der Waals surface area contributed by atoms with Crippen molar-refractivity contribution in [3.63, 3.8) is 0 Å². The summed E-state index contributed by atoms with van der Waals surface area (Å²) in [7, 11) is 0. The van der Waals surface area contributed by atoms with E-state index in [9.17, 15) is 9.59 Å². The third kappa shape index (κ3) is 4.01. The third-order valence-electron chi connectivity index (χ3n) is 6.24. The Morgan fingerprint density at radius 1 is 0.941 bits per heavy atom. The molecule has 34 heavy (non-hydrogen) atoms. The molecular formula is C28H23BrN2O2S. The number of thioether (sulfide) groups is 1. The minimum absolute atomic E-state index is 0.235. The number of imide groups is 1. The molecule has 4 aromatic rings. The normalized spacial score (nSPS) is 15.2. The lowest BCUT2D eigenvalue weighted by molar-refractivity contribution is -0.123.